The predicted octanol–water partition coefficient (Wildman–Crippen LogP) is 0.747. The maximum atomic E-state index is 12.3. The van der Waals surface area contributed by atoms with E-state index in [1.807, 2.05) is 36.4 Å². The molecule has 1 aliphatic rings. The van der Waals surface area contributed by atoms with Gasteiger partial charge in [0.1, 0.15) is 5.82 Å². The van der Waals surface area contributed by atoms with Gasteiger partial charge in [-0.2, -0.15) is 0 Å². The second kappa shape index (κ2) is 7.59. The topological polar surface area (TPSA) is 76.5 Å². The lowest BCUT2D eigenvalue weighted by Crippen LogP contribution is -2.42. The van der Waals surface area contributed by atoms with Crippen molar-refractivity contribution < 1.29 is 14.3 Å². The molecule has 0 radical (unpaired) electrons. The zero-order valence-electron chi connectivity index (χ0n) is 14.3. The zero-order valence-corrected chi connectivity index (χ0v) is 14.3. The molecule has 2 amide bonds. The van der Waals surface area contributed by atoms with Crippen LogP contribution >= 0.6 is 0 Å². The summed E-state index contributed by atoms with van der Waals surface area (Å²) in [4.78, 5) is 30.6. The number of amides is 2. The number of hydrogen-bond acceptors (Lipinski definition) is 4. The van der Waals surface area contributed by atoms with E-state index in [9.17, 15) is 9.59 Å². The van der Waals surface area contributed by atoms with E-state index in [2.05, 4.69) is 10.3 Å². The first-order valence-corrected chi connectivity index (χ1v) is 8.06. The molecule has 128 valence electrons. The molecule has 2 heterocycles. The van der Waals surface area contributed by atoms with Gasteiger partial charge in [-0.05, 0) is 6.92 Å². The van der Waals surface area contributed by atoms with E-state index in [0.717, 1.165) is 18.1 Å². The number of carbonyl (C=O) groups is 2. The Bertz CT molecular complexity index is 568. The Hall–Kier alpha value is -1.89. The third-order valence-electron chi connectivity index (χ3n) is 4.03. The molecule has 1 aromatic rings. The Labute approximate surface area is 137 Å². The molecule has 2 rings (SSSR count). The van der Waals surface area contributed by atoms with Crippen molar-refractivity contribution in [2.45, 2.75) is 39.8 Å². The number of rotatable bonds is 6. The summed E-state index contributed by atoms with van der Waals surface area (Å²) in [7, 11) is 1.60. The van der Waals surface area contributed by atoms with E-state index >= 15 is 0 Å². The van der Waals surface area contributed by atoms with Crippen LogP contribution in [-0.2, 0) is 27.3 Å². The second-order valence-corrected chi connectivity index (χ2v) is 6.17. The highest BCUT2D eigenvalue weighted by Crippen LogP contribution is 2.26. The van der Waals surface area contributed by atoms with Gasteiger partial charge in [0.15, 0.2) is 0 Å². The third-order valence-corrected chi connectivity index (χ3v) is 4.03. The first kappa shape index (κ1) is 17.5. The maximum Gasteiger partial charge on any atom is 0.226 e. The zero-order chi connectivity index (χ0) is 17.0. The van der Waals surface area contributed by atoms with Gasteiger partial charge in [0, 0.05) is 38.9 Å². The van der Waals surface area contributed by atoms with Gasteiger partial charge in [0.05, 0.1) is 24.8 Å². The van der Waals surface area contributed by atoms with Crippen LogP contribution in [0.25, 0.3) is 0 Å². The number of hydrogen-bond donors (Lipinski definition) is 1. The van der Waals surface area contributed by atoms with Crippen molar-refractivity contribution in [2.24, 2.45) is 5.92 Å². The largest absolute Gasteiger partial charge is 0.383 e. The monoisotopic (exact) mass is 322 g/mol. The highest BCUT2D eigenvalue weighted by atomic mass is 16.5. The van der Waals surface area contributed by atoms with Gasteiger partial charge >= 0.3 is 0 Å². The van der Waals surface area contributed by atoms with Crippen LogP contribution < -0.4 is 5.32 Å². The van der Waals surface area contributed by atoms with E-state index in [0.29, 0.717) is 19.7 Å². The van der Waals surface area contributed by atoms with E-state index in [4.69, 9.17) is 4.74 Å². The van der Waals surface area contributed by atoms with Gasteiger partial charge in [0.2, 0.25) is 11.8 Å². The summed E-state index contributed by atoms with van der Waals surface area (Å²) >= 11 is 0. The van der Waals surface area contributed by atoms with Crippen molar-refractivity contribution in [2.75, 3.05) is 26.8 Å². The van der Waals surface area contributed by atoms with Crippen LogP contribution in [0.4, 0.5) is 0 Å². The number of methoxy groups -OCH3 is 1. The first-order chi connectivity index (χ1) is 10.9. The SMILES string of the molecule is COCCNC(=O)Cc1cn2c(n1)[C@@H](C)N(C(=O)C(C)C)CC2. The molecule has 0 bridgehead atoms. The van der Waals surface area contributed by atoms with Crippen LogP contribution in [0.1, 0.15) is 38.3 Å². The van der Waals surface area contributed by atoms with Crippen LogP contribution in [0.3, 0.4) is 0 Å². The second-order valence-electron chi connectivity index (χ2n) is 6.17. The van der Waals surface area contributed by atoms with Gasteiger partial charge in [-0.3, -0.25) is 9.59 Å². The summed E-state index contributed by atoms with van der Waals surface area (Å²) < 4.78 is 6.95. The standard InChI is InChI=1S/C16H26N4O3/c1-11(2)16(22)20-7-6-19-10-13(18-15(19)12(20)3)9-14(21)17-5-8-23-4/h10-12H,5-9H2,1-4H3,(H,17,21)/t12-/m1/s1. The lowest BCUT2D eigenvalue weighted by Gasteiger charge is -2.34. The van der Waals surface area contributed by atoms with Gasteiger partial charge in [-0.25, -0.2) is 4.98 Å². The van der Waals surface area contributed by atoms with Gasteiger partial charge in [-0.15, -0.1) is 0 Å². The first-order valence-electron chi connectivity index (χ1n) is 8.06. The van der Waals surface area contributed by atoms with Gasteiger partial charge in [-0.1, -0.05) is 13.8 Å². The minimum atomic E-state index is -0.0692. The van der Waals surface area contributed by atoms with E-state index in [-0.39, 0.29) is 30.2 Å². The lowest BCUT2D eigenvalue weighted by molar-refractivity contribution is -0.137. The maximum absolute atomic E-state index is 12.3. The van der Waals surface area contributed by atoms with E-state index in [1.165, 1.54) is 0 Å². The van der Waals surface area contributed by atoms with Crippen LogP contribution in [0.15, 0.2) is 6.20 Å². The molecule has 0 saturated carbocycles. The van der Waals surface area contributed by atoms with Crippen molar-refractivity contribution in [3.05, 3.63) is 17.7 Å². The molecular formula is C16H26N4O3. The Morgan fingerprint density at radius 2 is 2.17 bits per heavy atom. The summed E-state index contributed by atoms with van der Waals surface area (Å²) in [5.41, 5.74) is 0.737. The van der Waals surface area contributed by atoms with Gasteiger partial charge in [0.25, 0.3) is 0 Å². The predicted molar refractivity (Wildman–Crippen MR) is 85.8 cm³/mol. The summed E-state index contributed by atoms with van der Waals surface area (Å²) in [6, 6.07) is -0.0658. The minimum Gasteiger partial charge on any atom is -0.383 e. The van der Waals surface area contributed by atoms with Gasteiger partial charge < -0.3 is 19.5 Å². The van der Waals surface area contributed by atoms with Crippen LogP contribution in [0.2, 0.25) is 0 Å². The fraction of sp³-hybridized carbons (Fsp3) is 0.688. The molecule has 7 heteroatoms. The Kier molecular flexibility index (Phi) is 5.76. The number of fused-ring (bicyclic) bond motifs is 1. The number of nitrogens with zero attached hydrogens (tertiary/aromatic N) is 3. The van der Waals surface area contributed by atoms with Crippen LogP contribution in [0, 0.1) is 5.92 Å². The molecule has 1 aromatic heterocycles. The summed E-state index contributed by atoms with van der Waals surface area (Å²) in [6.07, 6.45) is 2.16. The fourth-order valence-corrected chi connectivity index (χ4v) is 2.78. The number of imidazole rings is 1. The molecule has 0 saturated heterocycles. The quantitative estimate of drug-likeness (QED) is 0.784. The number of carbonyl (C=O) groups excluding carboxylic acids is 2. The summed E-state index contributed by atoms with van der Waals surface area (Å²) in [5, 5.41) is 2.79. The average Bonchev–Trinajstić information content (AvgIpc) is 2.90. The highest BCUT2D eigenvalue weighted by molar-refractivity contribution is 5.79. The minimum absolute atomic E-state index is 0.0232. The molecule has 0 aliphatic carbocycles. The molecule has 0 aromatic carbocycles. The highest BCUT2D eigenvalue weighted by Gasteiger charge is 2.30. The number of ether oxygens (including phenoxy) is 1. The molecule has 23 heavy (non-hydrogen) atoms. The molecular weight excluding hydrogens is 296 g/mol. The normalized spacial score (nSPS) is 17.3. The van der Waals surface area contributed by atoms with E-state index in [1.54, 1.807) is 7.11 Å². The lowest BCUT2D eigenvalue weighted by atomic mass is 10.1. The molecule has 1 N–H and O–H groups in total. The van der Waals surface area contributed by atoms with Crippen molar-refractivity contribution in [1.29, 1.82) is 0 Å². The molecule has 1 atom stereocenters. The van der Waals surface area contributed by atoms with Crippen LogP contribution in [-0.4, -0.2) is 53.1 Å². The van der Waals surface area contributed by atoms with Crippen LogP contribution in [0.5, 0.6) is 0 Å². The van der Waals surface area contributed by atoms with Crippen molar-refractivity contribution in [3.63, 3.8) is 0 Å². The summed E-state index contributed by atoms with van der Waals surface area (Å²) in [6.45, 7) is 8.20. The van der Waals surface area contributed by atoms with Crippen molar-refractivity contribution in [3.8, 4) is 0 Å². The molecule has 7 nitrogen and oxygen atoms in total. The Morgan fingerprint density at radius 1 is 1.43 bits per heavy atom. The Balaban J connectivity index is 2.03. The van der Waals surface area contributed by atoms with E-state index < -0.39 is 0 Å². The molecule has 0 unspecified atom stereocenters. The number of aromatic nitrogens is 2. The Morgan fingerprint density at radius 3 is 2.83 bits per heavy atom. The third kappa shape index (κ3) is 4.10. The average molecular weight is 322 g/mol. The smallest absolute Gasteiger partial charge is 0.226 e. The molecule has 0 spiro atoms. The van der Waals surface area contributed by atoms with Crippen molar-refractivity contribution >= 4 is 11.8 Å². The molecule has 1 aliphatic heterocycles. The summed E-state index contributed by atoms with van der Waals surface area (Å²) in [5.74, 6) is 0.904. The van der Waals surface area contributed by atoms with Crippen molar-refractivity contribution in [1.82, 2.24) is 19.8 Å². The number of nitrogens with one attached hydrogen (secondary N) is 1. The molecule has 0 fully saturated rings. The fourth-order valence-electron chi connectivity index (χ4n) is 2.78.